The van der Waals surface area contributed by atoms with Crippen LogP contribution in [0.2, 0.25) is 5.02 Å². The minimum Gasteiger partial charge on any atom is -0.355 e. The Balaban J connectivity index is 1.50. The number of carbonyl (C=O) groups is 1. The molecule has 1 N–H and O–H groups in total. The second-order valence-electron chi connectivity index (χ2n) is 5.55. The number of nitrogens with one attached hydrogen (secondary N) is 1. The van der Waals surface area contributed by atoms with E-state index in [0.717, 1.165) is 34.4 Å². The van der Waals surface area contributed by atoms with Gasteiger partial charge in [0.2, 0.25) is 5.91 Å². The lowest BCUT2D eigenvalue weighted by molar-refractivity contribution is -0.118. The molecule has 2 aromatic heterocycles. The highest BCUT2D eigenvalue weighted by Crippen LogP contribution is 2.26. The molecule has 5 nitrogen and oxygen atoms in total. The molecule has 2 heterocycles. The summed E-state index contributed by atoms with van der Waals surface area (Å²) in [5.74, 6) is 1.16. The van der Waals surface area contributed by atoms with Gasteiger partial charge in [-0.2, -0.15) is 0 Å². The maximum atomic E-state index is 12.1. The van der Waals surface area contributed by atoms with E-state index in [-0.39, 0.29) is 5.91 Å². The van der Waals surface area contributed by atoms with Gasteiger partial charge in [0, 0.05) is 18.1 Å². The van der Waals surface area contributed by atoms with E-state index in [1.807, 2.05) is 46.3 Å². The first-order valence-corrected chi connectivity index (χ1v) is 10.5. The number of benzene rings is 1. The molecule has 0 radical (unpaired) electrons. The molecule has 26 heavy (non-hydrogen) atoms. The summed E-state index contributed by atoms with van der Waals surface area (Å²) in [6.45, 7) is 3.40. The van der Waals surface area contributed by atoms with Gasteiger partial charge in [0.05, 0.1) is 10.6 Å². The Bertz CT molecular complexity index is 864. The van der Waals surface area contributed by atoms with Crippen molar-refractivity contribution in [3.05, 3.63) is 52.4 Å². The van der Waals surface area contributed by atoms with E-state index in [9.17, 15) is 4.79 Å². The van der Waals surface area contributed by atoms with E-state index in [4.69, 9.17) is 11.6 Å². The lowest BCUT2D eigenvalue weighted by atomic mass is 10.1. The summed E-state index contributed by atoms with van der Waals surface area (Å²) in [5, 5.41) is 14.9. The minimum absolute atomic E-state index is 0.0136. The van der Waals surface area contributed by atoms with Crippen LogP contribution in [-0.2, 0) is 17.8 Å². The summed E-state index contributed by atoms with van der Waals surface area (Å²) in [7, 11) is 0. The number of hydrogen-bond acceptors (Lipinski definition) is 5. The summed E-state index contributed by atoms with van der Waals surface area (Å²) in [4.78, 5) is 13.2. The van der Waals surface area contributed by atoms with Crippen molar-refractivity contribution in [1.82, 2.24) is 20.1 Å². The van der Waals surface area contributed by atoms with Gasteiger partial charge in [-0.1, -0.05) is 41.6 Å². The first-order valence-electron chi connectivity index (χ1n) is 8.28. The van der Waals surface area contributed by atoms with Gasteiger partial charge in [-0.3, -0.25) is 4.79 Å². The molecule has 0 aliphatic rings. The molecule has 0 fully saturated rings. The quantitative estimate of drug-likeness (QED) is 0.571. The maximum absolute atomic E-state index is 12.1. The zero-order chi connectivity index (χ0) is 18.4. The molecule has 1 amide bonds. The molecule has 1 aromatic carbocycles. The lowest BCUT2D eigenvalue weighted by Gasteiger charge is -2.07. The molecule has 0 aliphatic carbocycles. The average molecular weight is 407 g/mol. The number of hydrogen-bond donors (Lipinski definition) is 1. The number of halogens is 1. The second kappa shape index (κ2) is 9.21. The van der Waals surface area contributed by atoms with E-state index in [1.165, 1.54) is 11.8 Å². The SMILES string of the molecule is CCn1c(SCC(=O)NCCc2cccc(Cl)c2)nnc1-c1cccs1. The molecule has 3 aromatic rings. The molecule has 0 bridgehead atoms. The Morgan fingerprint density at radius 3 is 2.92 bits per heavy atom. The molecule has 0 saturated carbocycles. The Kier molecular flexibility index (Phi) is 6.71. The van der Waals surface area contributed by atoms with Crippen LogP contribution in [0.4, 0.5) is 0 Å². The summed E-state index contributed by atoms with van der Waals surface area (Å²) < 4.78 is 2.04. The van der Waals surface area contributed by atoms with Crippen molar-refractivity contribution < 1.29 is 4.79 Å². The summed E-state index contributed by atoms with van der Waals surface area (Å²) in [6.07, 6.45) is 0.755. The van der Waals surface area contributed by atoms with Crippen molar-refractivity contribution in [2.45, 2.75) is 25.0 Å². The van der Waals surface area contributed by atoms with Crippen LogP contribution < -0.4 is 5.32 Å². The zero-order valence-corrected chi connectivity index (χ0v) is 16.7. The number of amides is 1. The maximum Gasteiger partial charge on any atom is 0.230 e. The van der Waals surface area contributed by atoms with E-state index in [2.05, 4.69) is 22.4 Å². The van der Waals surface area contributed by atoms with Gasteiger partial charge in [-0.25, -0.2) is 0 Å². The zero-order valence-electron chi connectivity index (χ0n) is 14.3. The average Bonchev–Trinajstić information content (AvgIpc) is 3.29. The molecule has 0 unspecified atom stereocenters. The number of rotatable bonds is 8. The van der Waals surface area contributed by atoms with Crippen molar-refractivity contribution in [2.24, 2.45) is 0 Å². The molecular weight excluding hydrogens is 388 g/mol. The van der Waals surface area contributed by atoms with Crippen molar-refractivity contribution in [2.75, 3.05) is 12.3 Å². The fourth-order valence-corrected chi connectivity index (χ4v) is 4.25. The number of thioether (sulfide) groups is 1. The van der Waals surface area contributed by atoms with Gasteiger partial charge < -0.3 is 9.88 Å². The van der Waals surface area contributed by atoms with Crippen molar-refractivity contribution in [3.8, 4) is 10.7 Å². The predicted molar refractivity (Wildman–Crippen MR) is 108 cm³/mol. The van der Waals surface area contributed by atoms with Crippen LogP contribution in [0.5, 0.6) is 0 Å². The van der Waals surface area contributed by atoms with E-state index >= 15 is 0 Å². The number of carbonyl (C=O) groups excluding carboxylic acids is 1. The van der Waals surface area contributed by atoms with E-state index in [1.54, 1.807) is 11.3 Å². The van der Waals surface area contributed by atoms with Crippen molar-refractivity contribution in [3.63, 3.8) is 0 Å². The number of nitrogens with zero attached hydrogens (tertiary/aromatic N) is 3. The normalized spacial score (nSPS) is 10.8. The smallest absolute Gasteiger partial charge is 0.230 e. The molecular formula is C18H19ClN4OS2. The van der Waals surface area contributed by atoms with Gasteiger partial charge in [-0.05, 0) is 42.5 Å². The third kappa shape index (κ3) is 4.87. The topological polar surface area (TPSA) is 59.8 Å². The third-order valence-corrected chi connectivity index (χ3v) is 5.80. The van der Waals surface area contributed by atoms with E-state index < -0.39 is 0 Å². The van der Waals surface area contributed by atoms with Gasteiger partial charge in [0.1, 0.15) is 0 Å². The fourth-order valence-electron chi connectivity index (χ4n) is 2.49. The van der Waals surface area contributed by atoms with Crippen LogP contribution in [0.1, 0.15) is 12.5 Å². The highest BCUT2D eigenvalue weighted by Gasteiger charge is 2.15. The Hall–Kier alpha value is -1.83. The van der Waals surface area contributed by atoms with Crippen LogP contribution in [0.25, 0.3) is 10.7 Å². The molecule has 8 heteroatoms. The summed E-state index contributed by atoms with van der Waals surface area (Å²) in [5.41, 5.74) is 1.11. The van der Waals surface area contributed by atoms with Crippen LogP contribution in [0.15, 0.2) is 46.9 Å². The number of aromatic nitrogens is 3. The number of thiophene rings is 1. The molecule has 0 saturated heterocycles. The molecule has 136 valence electrons. The monoisotopic (exact) mass is 406 g/mol. The minimum atomic E-state index is -0.0136. The van der Waals surface area contributed by atoms with Crippen molar-refractivity contribution >= 4 is 40.6 Å². The highest BCUT2D eigenvalue weighted by atomic mass is 35.5. The molecule has 0 aliphatic heterocycles. The predicted octanol–water partition coefficient (Wildman–Crippen LogP) is 4.13. The molecule has 0 atom stereocenters. The summed E-state index contributed by atoms with van der Waals surface area (Å²) in [6, 6.07) is 11.7. The van der Waals surface area contributed by atoms with Gasteiger partial charge in [0.15, 0.2) is 11.0 Å². The van der Waals surface area contributed by atoms with Crippen molar-refractivity contribution in [1.29, 1.82) is 0 Å². The van der Waals surface area contributed by atoms with Crippen LogP contribution in [-0.4, -0.2) is 33.0 Å². The third-order valence-electron chi connectivity index (χ3n) is 3.73. The van der Waals surface area contributed by atoms with Crippen LogP contribution in [0.3, 0.4) is 0 Å². The largest absolute Gasteiger partial charge is 0.355 e. The van der Waals surface area contributed by atoms with Gasteiger partial charge in [-0.15, -0.1) is 21.5 Å². The van der Waals surface area contributed by atoms with E-state index in [0.29, 0.717) is 17.3 Å². The van der Waals surface area contributed by atoms with Gasteiger partial charge >= 0.3 is 0 Å². The highest BCUT2D eigenvalue weighted by molar-refractivity contribution is 7.99. The Morgan fingerprint density at radius 2 is 2.19 bits per heavy atom. The first-order chi connectivity index (χ1) is 12.7. The van der Waals surface area contributed by atoms with Gasteiger partial charge in [0.25, 0.3) is 0 Å². The first kappa shape index (κ1) is 18.9. The Labute approximate surface area is 165 Å². The molecule has 3 rings (SSSR count). The standard InChI is InChI=1S/C18H19ClN4OS2/c1-2-23-17(15-7-4-10-25-15)21-22-18(23)26-12-16(24)20-9-8-13-5-3-6-14(19)11-13/h3-7,10-11H,2,8-9,12H2,1H3,(H,20,24). The summed E-state index contributed by atoms with van der Waals surface area (Å²) >= 11 is 9.01. The van der Waals surface area contributed by atoms with Crippen LogP contribution in [0, 0.1) is 0 Å². The molecule has 0 spiro atoms. The fraction of sp³-hybridized carbons (Fsp3) is 0.278. The Morgan fingerprint density at radius 1 is 1.31 bits per heavy atom. The van der Waals surface area contributed by atoms with Crippen LogP contribution >= 0.6 is 34.7 Å². The lowest BCUT2D eigenvalue weighted by Crippen LogP contribution is -2.27. The second-order valence-corrected chi connectivity index (χ2v) is 7.87.